The Hall–Kier alpha value is -1.40. The van der Waals surface area contributed by atoms with Crippen LogP contribution in [0, 0.1) is 0 Å². The maximum absolute atomic E-state index is 10.8. The number of pyridine rings is 1. The molecule has 1 aromatic heterocycles. The molecule has 0 aromatic carbocycles. The summed E-state index contributed by atoms with van der Waals surface area (Å²) in [5.41, 5.74) is 0.537. The van der Waals surface area contributed by atoms with Crippen LogP contribution in [0.5, 0.6) is 0 Å². The molecule has 2 rings (SSSR count). The smallest absolute Gasteiger partial charge is 0.336 e. The zero-order chi connectivity index (χ0) is 11.0. The largest absolute Gasteiger partial charge is 0.478 e. The number of hydrogen-bond acceptors (Lipinski definition) is 4. The van der Waals surface area contributed by atoms with E-state index in [1.54, 1.807) is 12.3 Å². The highest BCUT2D eigenvalue weighted by atomic mass is 79.9. The van der Waals surface area contributed by atoms with E-state index in [1.807, 2.05) is 0 Å². The fourth-order valence-corrected chi connectivity index (χ4v) is 1.67. The fraction of sp³-hybridized carbons (Fsp3) is 0.111. The van der Waals surface area contributed by atoms with Gasteiger partial charge in [-0.3, -0.25) is 0 Å². The van der Waals surface area contributed by atoms with Gasteiger partial charge in [-0.15, -0.1) is 0 Å². The van der Waals surface area contributed by atoms with E-state index in [0.717, 1.165) is 4.47 Å². The van der Waals surface area contributed by atoms with E-state index < -0.39 is 12.2 Å². The first-order chi connectivity index (χ1) is 7.08. The first kappa shape index (κ1) is 10.1. The van der Waals surface area contributed by atoms with Gasteiger partial charge in [0, 0.05) is 16.2 Å². The van der Waals surface area contributed by atoms with Gasteiger partial charge in [-0.05, 0) is 28.1 Å². The van der Waals surface area contributed by atoms with Gasteiger partial charge in [0.25, 0.3) is 0 Å². The summed E-state index contributed by atoms with van der Waals surface area (Å²) in [5.74, 6) is -0.684. The van der Waals surface area contributed by atoms with E-state index in [2.05, 4.69) is 26.2 Å². The minimum absolute atomic E-state index is 0.0950. The number of aromatic nitrogens is 1. The monoisotopic (exact) mass is 270 g/mol. The summed E-state index contributed by atoms with van der Waals surface area (Å²) in [7, 11) is 0. The molecule has 3 N–H and O–H groups in total. The molecule has 0 aliphatic carbocycles. The van der Waals surface area contributed by atoms with Gasteiger partial charge >= 0.3 is 5.97 Å². The molecule has 78 valence electrons. The molecule has 0 radical (unpaired) electrons. The molecule has 0 fully saturated rings. The van der Waals surface area contributed by atoms with Crippen molar-refractivity contribution >= 4 is 33.8 Å². The lowest BCUT2D eigenvalue weighted by atomic mass is 10.1. The molecule has 0 bridgehead atoms. The molecule has 0 saturated heterocycles. The lowest BCUT2D eigenvalue weighted by molar-refractivity contribution is -0.133. The van der Waals surface area contributed by atoms with E-state index in [9.17, 15) is 9.90 Å². The normalized spacial score (nSPS) is 18.8. The Balaban J connectivity index is 2.51. The van der Waals surface area contributed by atoms with Crippen LogP contribution in [-0.4, -0.2) is 27.4 Å². The molecule has 1 aliphatic rings. The number of carboxylic acid groups (broad SMARTS) is 1. The Morgan fingerprint density at radius 3 is 3.00 bits per heavy atom. The number of hydrogen-bond donors (Lipinski definition) is 3. The van der Waals surface area contributed by atoms with Crippen molar-refractivity contribution in [2.24, 2.45) is 0 Å². The standard InChI is InChI=1S/C9H7BrN2O3/c10-5-1-4-2-6(9(14)15)8(13)12-7(4)11-3-5/h1-3,8,13H,(H,11,12)(H,14,15). The van der Waals surface area contributed by atoms with Gasteiger partial charge in [-0.25, -0.2) is 9.78 Å². The summed E-state index contributed by atoms with van der Waals surface area (Å²) in [4.78, 5) is 14.8. The maximum Gasteiger partial charge on any atom is 0.336 e. The van der Waals surface area contributed by atoms with Crippen LogP contribution in [-0.2, 0) is 4.79 Å². The quantitative estimate of drug-likeness (QED) is 0.711. The molecule has 0 saturated carbocycles. The Labute approximate surface area is 93.6 Å². The van der Waals surface area contributed by atoms with E-state index in [0.29, 0.717) is 11.4 Å². The van der Waals surface area contributed by atoms with Gasteiger partial charge in [0.2, 0.25) is 0 Å². The first-order valence-electron chi connectivity index (χ1n) is 4.13. The third kappa shape index (κ3) is 1.86. The van der Waals surface area contributed by atoms with E-state index in [-0.39, 0.29) is 5.57 Å². The first-order valence-corrected chi connectivity index (χ1v) is 4.92. The topological polar surface area (TPSA) is 82.5 Å². The van der Waals surface area contributed by atoms with Crippen LogP contribution in [0.3, 0.4) is 0 Å². The molecular weight excluding hydrogens is 264 g/mol. The SMILES string of the molecule is O=C(O)C1=Cc2cc(Br)cnc2NC1O. The van der Waals surface area contributed by atoms with Crippen LogP contribution >= 0.6 is 15.9 Å². The number of nitrogens with one attached hydrogen (secondary N) is 1. The summed E-state index contributed by atoms with van der Waals surface area (Å²) in [6, 6.07) is 1.73. The average molecular weight is 271 g/mol. The van der Waals surface area contributed by atoms with Crippen molar-refractivity contribution in [3.05, 3.63) is 27.9 Å². The van der Waals surface area contributed by atoms with Crippen molar-refractivity contribution in [1.82, 2.24) is 4.98 Å². The van der Waals surface area contributed by atoms with Crippen LogP contribution in [0.25, 0.3) is 6.08 Å². The highest BCUT2D eigenvalue weighted by Gasteiger charge is 2.24. The maximum atomic E-state index is 10.8. The minimum atomic E-state index is -1.22. The number of fused-ring (bicyclic) bond motifs is 1. The summed E-state index contributed by atoms with van der Waals surface area (Å²) in [5, 5.41) is 20.8. The van der Waals surface area contributed by atoms with Gasteiger partial charge in [0.1, 0.15) is 5.82 Å². The minimum Gasteiger partial charge on any atom is -0.478 e. The van der Waals surface area contributed by atoms with Crippen molar-refractivity contribution in [2.75, 3.05) is 5.32 Å². The van der Waals surface area contributed by atoms with E-state index in [4.69, 9.17) is 5.11 Å². The number of aliphatic hydroxyl groups excluding tert-OH is 1. The Morgan fingerprint density at radius 1 is 1.60 bits per heavy atom. The number of carboxylic acids is 1. The summed E-state index contributed by atoms with van der Waals surface area (Å²) in [6.45, 7) is 0. The summed E-state index contributed by atoms with van der Waals surface area (Å²) >= 11 is 3.23. The zero-order valence-corrected chi connectivity index (χ0v) is 9.02. The third-order valence-electron chi connectivity index (χ3n) is 2.01. The van der Waals surface area contributed by atoms with Gasteiger partial charge in [0.15, 0.2) is 6.23 Å². The summed E-state index contributed by atoms with van der Waals surface area (Å²) in [6.07, 6.45) is 1.75. The Morgan fingerprint density at radius 2 is 2.33 bits per heavy atom. The molecule has 1 aromatic rings. The molecule has 2 heterocycles. The zero-order valence-electron chi connectivity index (χ0n) is 7.44. The lowest BCUT2D eigenvalue weighted by Gasteiger charge is -2.20. The van der Waals surface area contributed by atoms with Crippen LogP contribution in [0.15, 0.2) is 22.3 Å². The molecule has 1 atom stereocenters. The molecule has 1 unspecified atom stereocenters. The highest BCUT2D eigenvalue weighted by molar-refractivity contribution is 9.10. The Kier molecular flexibility index (Phi) is 2.45. The number of rotatable bonds is 1. The van der Waals surface area contributed by atoms with Crippen molar-refractivity contribution in [3.8, 4) is 0 Å². The molecule has 5 nitrogen and oxygen atoms in total. The average Bonchev–Trinajstić information content (AvgIpc) is 2.17. The highest BCUT2D eigenvalue weighted by Crippen LogP contribution is 2.26. The number of aliphatic carboxylic acids is 1. The van der Waals surface area contributed by atoms with Gasteiger partial charge in [-0.2, -0.15) is 0 Å². The van der Waals surface area contributed by atoms with Crippen molar-refractivity contribution in [1.29, 1.82) is 0 Å². The van der Waals surface area contributed by atoms with Crippen LogP contribution in [0.4, 0.5) is 5.82 Å². The van der Waals surface area contributed by atoms with Gasteiger partial charge in [0.05, 0.1) is 5.57 Å². The molecule has 0 amide bonds. The van der Waals surface area contributed by atoms with E-state index in [1.165, 1.54) is 6.08 Å². The number of carbonyl (C=O) groups is 1. The van der Waals surface area contributed by atoms with Gasteiger partial charge in [-0.1, -0.05) is 0 Å². The number of nitrogens with zero attached hydrogens (tertiary/aromatic N) is 1. The molecule has 1 aliphatic heterocycles. The second kappa shape index (κ2) is 3.63. The van der Waals surface area contributed by atoms with Crippen LogP contribution in [0.1, 0.15) is 5.56 Å². The van der Waals surface area contributed by atoms with Crippen molar-refractivity contribution in [2.45, 2.75) is 6.23 Å². The number of anilines is 1. The lowest BCUT2D eigenvalue weighted by Crippen LogP contribution is -2.29. The second-order valence-electron chi connectivity index (χ2n) is 3.04. The molecule has 6 heteroatoms. The second-order valence-corrected chi connectivity index (χ2v) is 3.96. The molecule has 0 spiro atoms. The summed E-state index contributed by atoms with van der Waals surface area (Å²) < 4.78 is 0.750. The van der Waals surface area contributed by atoms with Crippen molar-refractivity contribution in [3.63, 3.8) is 0 Å². The third-order valence-corrected chi connectivity index (χ3v) is 2.44. The van der Waals surface area contributed by atoms with Crippen LogP contribution in [0.2, 0.25) is 0 Å². The Bertz CT molecular complexity index is 459. The van der Waals surface area contributed by atoms with Gasteiger partial charge < -0.3 is 15.5 Å². The van der Waals surface area contributed by atoms with E-state index >= 15 is 0 Å². The molecule has 15 heavy (non-hydrogen) atoms. The predicted octanol–water partition coefficient (Wildman–Crippen LogP) is 1.06. The predicted molar refractivity (Wildman–Crippen MR) is 57.2 cm³/mol. The number of halogens is 1. The van der Waals surface area contributed by atoms with Crippen LogP contribution < -0.4 is 5.32 Å². The van der Waals surface area contributed by atoms with Crippen molar-refractivity contribution < 1.29 is 15.0 Å². The number of aliphatic hydroxyl groups is 1. The fourth-order valence-electron chi connectivity index (χ4n) is 1.32. The molecular formula is C9H7BrN2O3.